The molecule has 0 aromatic rings. The zero-order valence-corrected chi connectivity index (χ0v) is 8.45. The van der Waals surface area contributed by atoms with E-state index in [1.54, 1.807) is 0 Å². The van der Waals surface area contributed by atoms with E-state index in [2.05, 4.69) is 0 Å². The van der Waals surface area contributed by atoms with Crippen LogP contribution in [0.4, 0.5) is 0 Å². The number of nitrogens with zero attached hydrogens (tertiary/aromatic N) is 1. The zero-order valence-electron chi connectivity index (χ0n) is 8.45. The number of rotatable bonds is 7. The molecule has 0 atom stereocenters. The molecule has 0 bridgehead atoms. The van der Waals surface area contributed by atoms with E-state index in [4.69, 9.17) is 19.8 Å². The molecule has 14 heavy (non-hydrogen) atoms. The van der Waals surface area contributed by atoms with Gasteiger partial charge in [0.2, 0.25) is 0 Å². The second-order valence-corrected chi connectivity index (χ2v) is 2.98. The SMILES string of the molecule is COCCC(C#N)(CCOC)C(=O)O. The second-order valence-electron chi connectivity index (χ2n) is 2.98. The summed E-state index contributed by atoms with van der Waals surface area (Å²) in [7, 11) is 2.95. The normalized spacial score (nSPS) is 10.9. The van der Waals surface area contributed by atoms with E-state index in [0.717, 1.165) is 0 Å². The molecule has 0 amide bonds. The van der Waals surface area contributed by atoms with Crippen LogP contribution in [0.15, 0.2) is 0 Å². The first-order valence-electron chi connectivity index (χ1n) is 4.25. The van der Waals surface area contributed by atoms with Gasteiger partial charge in [-0.2, -0.15) is 5.26 Å². The van der Waals surface area contributed by atoms with Crippen LogP contribution >= 0.6 is 0 Å². The summed E-state index contributed by atoms with van der Waals surface area (Å²) in [6.07, 6.45) is 0.359. The largest absolute Gasteiger partial charge is 0.480 e. The molecule has 0 saturated heterocycles. The van der Waals surface area contributed by atoms with E-state index >= 15 is 0 Å². The first kappa shape index (κ1) is 12.9. The Morgan fingerprint density at radius 2 is 1.79 bits per heavy atom. The number of carboxylic acids is 1. The van der Waals surface area contributed by atoms with Crippen molar-refractivity contribution in [3.05, 3.63) is 0 Å². The molecule has 5 heteroatoms. The van der Waals surface area contributed by atoms with Crippen molar-refractivity contribution in [1.29, 1.82) is 5.26 Å². The Balaban J connectivity index is 4.46. The van der Waals surface area contributed by atoms with Crippen molar-refractivity contribution in [2.75, 3.05) is 27.4 Å². The summed E-state index contributed by atoms with van der Waals surface area (Å²) in [4.78, 5) is 10.9. The van der Waals surface area contributed by atoms with E-state index in [1.807, 2.05) is 6.07 Å². The molecule has 0 rings (SSSR count). The minimum atomic E-state index is -1.38. The van der Waals surface area contributed by atoms with Gasteiger partial charge < -0.3 is 14.6 Å². The Labute approximate surface area is 83.2 Å². The van der Waals surface area contributed by atoms with Crippen LogP contribution in [0, 0.1) is 16.7 Å². The third-order valence-corrected chi connectivity index (χ3v) is 2.09. The van der Waals surface area contributed by atoms with Crippen LogP contribution in [0.5, 0.6) is 0 Å². The molecule has 5 nitrogen and oxygen atoms in total. The fourth-order valence-electron chi connectivity index (χ4n) is 1.05. The van der Waals surface area contributed by atoms with Gasteiger partial charge in [-0.1, -0.05) is 0 Å². The fourth-order valence-corrected chi connectivity index (χ4v) is 1.05. The molecule has 0 radical (unpaired) electrons. The van der Waals surface area contributed by atoms with Crippen molar-refractivity contribution in [3.8, 4) is 6.07 Å². The molecule has 0 aliphatic heterocycles. The average Bonchev–Trinajstić information content (AvgIpc) is 2.18. The zero-order chi connectivity index (χ0) is 11.0. The topological polar surface area (TPSA) is 79.5 Å². The molecule has 0 fully saturated rings. The van der Waals surface area contributed by atoms with Crippen molar-refractivity contribution < 1.29 is 19.4 Å². The predicted molar refractivity (Wildman–Crippen MR) is 48.7 cm³/mol. The van der Waals surface area contributed by atoms with Gasteiger partial charge in [0.15, 0.2) is 5.41 Å². The van der Waals surface area contributed by atoms with Gasteiger partial charge in [0.1, 0.15) is 0 Å². The number of hydrogen-bond donors (Lipinski definition) is 1. The van der Waals surface area contributed by atoms with Crippen LogP contribution in [0.1, 0.15) is 12.8 Å². The highest BCUT2D eigenvalue weighted by Crippen LogP contribution is 2.26. The van der Waals surface area contributed by atoms with Gasteiger partial charge in [0.05, 0.1) is 6.07 Å². The van der Waals surface area contributed by atoms with Crippen LogP contribution in [-0.4, -0.2) is 38.5 Å². The van der Waals surface area contributed by atoms with Gasteiger partial charge in [-0.15, -0.1) is 0 Å². The lowest BCUT2D eigenvalue weighted by atomic mass is 9.83. The molecule has 0 aliphatic rings. The quantitative estimate of drug-likeness (QED) is 0.654. The third kappa shape index (κ3) is 3.32. The maximum absolute atomic E-state index is 10.9. The van der Waals surface area contributed by atoms with Crippen molar-refractivity contribution >= 4 is 5.97 Å². The molecule has 0 aromatic heterocycles. The van der Waals surface area contributed by atoms with Gasteiger partial charge in [0, 0.05) is 40.3 Å². The van der Waals surface area contributed by atoms with E-state index in [9.17, 15) is 4.79 Å². The summed E-state index contributed by atoms with van der Waals surface area (Å²) in [5.74, 6) is -1.12. The van der Waals surface area contributed by atoms with Crippen LogP contribution in [0.2, 0.25) is 0 Å². The highest BCUT2D eigenvalue weighted by molar-refractivity contribution is 5.77. The highest BCUT2D eigenvalue weighted by atomic mass is 16.5. The molecular weight excluding hydrogens is 186 g/mol. The summed E-state index contributed by atoms with van der Waals surface area (Å²) in [6.45, 7) is 0.507. The Kier molecular flexibility index (Phi) is 5.84. The number of carbonyl (C=O) groups is 1. The van der Waals surface area contributed by atoms with Gasteiger partial charge in [-0.05, 0) is 0 Å². The van der Waals surface area contributed by atoms with E-state index in [0.29, 0.717) is 0 Å². The lowest BCUT2D eigenvalue weighted by molar-refractivity contribution is -0.147. The van der Waals surface area contributed by atoms with Crippen LogP contribution in [-0.2, 0) is 14.3 Å². The van der Waals surface area contributed by atoms with E-state index < -0.39 is 11.4 Å². The second kappa shape index (κ2) is 6.35. The molecule has 80 valence electrons. The minimum absolute atomic E-state index is 0.179. The fraction of sp³-hybridized carbons (Fsp3) is 0.778. The summed E-state index contributed by atoms with van der Waals surface area (Å²) in [5.41, 5.74) is -1.38. The highest BCUT2D eigenvalue weighted by Gasteiger charge is 2.38. The summed E-state index contributed by atoms with van der Waals surface area (Å²) < 4.78 is 9.55. The maximum atomic E-state index is 10.9. The molecule has 0 unspecified atom stereocenters. The number of hydrogen-bond acceptors (Lipinski definition) is 4. The number of nitriles is 1. The number of ether oxygens (including phenoxy) is 2. The lowest BCUT2D eigenvalue weighted by Crippen LogP contribution is -2.32. The molecule has 0 saturated carbocycles. The Bertz CT molecular complexity index is 213. The van der Waals surface area contributed by atoms with Gasteiger partial charge in [0.25, 0.3) is 0 Å². The van der Waals surface area contributed by atoms with Crippen molar-refractivity contribution in [1.82, 2.24) is 0 Å². The summed E-state index contributed by atoms with van der Waals surface area (Å²) in [5, 5.41) is 17.8. The van der Waals surface area contributed by atoms with E-state index in [1.165, 1.54) is 14.2 Å². The predicted octanol–water partition coefficient (Wildman–Crippen LogP) is 0.654. The van der Waals surface area contributed by atoms with Crippen LogP contribution in [0.3, 0.4) is 0 Å². The van der Waals surface area contributed by atoms with Crippen molar-refractivity contribution in [3.63, 3.8) is 0 Å². The maximum Gasteiger partial charge on any atom is 0.324 e. The third-order valence-electron chi connectivity index (χ3n) is 2.09. The van der Waals surface area contributed by atoms with Gasteiger partial charge in [-0.25, -0.2) is 0 Å². The Morgan fingerprint density at radius 1 is 1.36 bits per heavy atom. The molecule has 0 heterocycles. The Hall–Kier alpha value is -1.12. The first-order chi connectivity index (χ1) is 6.63. The summed E-state index contributed by atoms with van der Waals surface area (Å²) in [6, 6.07) is 1.83. The van der Waals surface area contributed by atoms with Crippen LogP contribution in [0.25, 0.3) is 0 Å². The number of carboxylic acid groups (broad SMARTS) is 1. The Morgan fingerprint density at radius 3 is 2.00 bits per heavy atom. The number of aliphatic carboxylic acids is 1. The molecule has 1 N–H and O–H groups in total. The minimum Gasteiger partial charge on any atom is -0.480 e. The monoisotopic (exact) mass is 201 g/mol. The average molecular weight is 201 g/mol. The number of methoxy groups -OCH3 is 2. The van der Waals surface area contributed by atoms with Crippen molar-refractivity contribution in [2.24, 2.45) is 5.41 Å². The summed E-state index contributed by atoms with van der Waals surface area (Å²) >= 11 is 0. The van der Waals surface area contributed by atoms with Gasteiger partial charge in [-0.3, -0.25) is 4.79 Å². The molecular formula is C9H15NO4. The molecule has 0 aliphatic carbocycles. The van der Waals surface area contributed by atoms with Gasteiger partial charge >= 0.3 is 5.97 Å². The van der Waals surface area contributed by atoms with E-state index in [-0.39, 0.29) is 26.1 Å². The van der Waals surface area contributed by atoms with Crippen molar-refractivity contribution in [2.45, 2.75) is 12.8 Å². The standard InChI is InChI=1S/C9H15NO4/c1-13-5-3-9(7-10,8(11)12)4-6-14-2/h3-6H2,1-2H3,(H,11,12). The molecule has 0 aromatic carbocycles. The first-order valence-corrected chi connectivity index (χ1v) is 4.25. The molecule has 0 spiro atoms. The smallest absolute Gasteiger partial charge is 0.324 e. The lowest BCUT2D eigenvalue weighted by Gasteiger charge is -2.20. The van der Waals surface area contributed by atoms with Crippen LogP contribution < -0.4 is 0 Å².